The number of nitrogens with zero attached hydrogens (tertiary/aromatic N) is 3. The lowest BCUT2D eigenvalue weighted by molar-refractivity contribution is 0.276. The van der Waals surface area contributed by atoms with E-state index in [2.05, 4.69) is 15.0 Å². The Bertz CT molecular complexity index is 517. The molecular weight excluding hydrogens is 225 g/mol. The Balaban J connectivity index is 2.43. The van der Waals surface area contributed by atoms with E-state index in [9.17, 15) is 4.39 Å². The Morgan fingerprint density at radius 1 is 1.24 bits per heavy atom. The van der Waals surface area contributed by atoms with E-state index in [1.807, 2.05) is 0 Å². The molecule has 2 rings (SSSR count). The molecule has 0 radical (unpaired) electrons. The molecule has 0 atom stereocenters. The van der Waals surface area contributed by atoms with Crippen LogP contribution in [0.25, 0.3) is 11.3 Å². The minimum atomic E-state index is -0.503. The van der Waals surface area contributed by atoms with Crippen LogP contribution in [0.4, 0.5) is 4.39 Å². The predicted octanol–water partition coefficient (Wildman–Crippen LogP) is 1.18. The van der Waals surface area contributed by atoms with Crippen molar-refractivity contribution in [1.82, 2.24) is 15.0 Å². The molecule has 0 aromatic carbocycles. The zero-order valence-corrected chi connectivity index (χ0v) is 9.09. The molecule has 0 aliphatic rings. The summed E-state index contributed by atoms with van der Waals surface area (Å²) in [5.74, 6) is -0.203. The number of hydrogen-bond donors (Lipinski definition) is 1. The lowest BCUT2D eigenvalue weighted by atomic mass is 10.2. The molecule has 0 aliphatic carbocycles. The van der Waals surface area contributed by atoms with Gasteiger partial charge in [-0.2, -0.15) is 0 Å². The molecule has 0 amide bonds. The zero-order valence-electron chi connectivity index (χ0n) is 9.09. The van der Waals surface area contributed by atoms with Crippen molar-refractivity contribution in [2.75, 3.05) is 7.11 Å². The van der Waals surface area contributed by atoms with Crippen LogP contribution in [-0.2, 0) is 6.61 Å². The van der Waals surface area contributed by atoms with Crippen molar-refractivity contribution < 1.29 is 14.2 Å². The van der Waals surface area contributed by atoms with Crippen LogP contribution in [0.2, 0.25) is 0 Å². The second-order valence-electron chi connectivity index (χ2n) is 3.26. The zero-order chi connectivity index (χ0) is 12.3. The number of rotatable bonds is 3. The Morgan fingerprint density at radius 2 is 2.06 bits per heavy atom. The fourth-order valence-electron chi connectivity index (χ4n) is 1.30. The number of aliphatic hydroxyl groups excluding tert-OH is 1. The van der Waals surface area contributed by atoms with Crippen molar-refractivity contribution in [3.8, 4) is 17.1 Å². The van der Waals surface area contributed by atoms with Gasteiger partial charge in [-0.05, 0) is 0 Å². The van der Waals surface area contributed by atoms with Gasteiger partial charge in [0.05, 0.1) is 43.7 Å². The highest BCUT2D eigenvalue weighted by Gasteiger charge is 2.09. The van der Waals surface area contributed by atoms with Gasteiger partial charge in [-0.1, -0.05) is 0 Å². The van der Waals surface area contributed by atoms with Gasteiger partial charge in [-0.25, -0.2) is 9.37 Å². The van der Waals surface area contributed by atoms with Gasteiger partial charge in [-0.3, -0.25) is 9.97 Å². The van der Waals surface area contributed by atoms with Gasteiger partial charge in [0.2, 0.25) is 5.88 Å². The number of aromatic nitrogens is 3. The normalized spacial score (nSPS) is 10.3. The number of pyridine rings is 1. The fraction of sp³-hybridized carbons (Fsp3) is 0.182. The van der Waals surface area contributed by atoms with Crippen LogP contribution in [0.3, 0.4) is 0 Å². The number of hydrogen-bond acceptors (Lipinski definition) is 5. The first-order chi connectivity index (χ1) is 8.24. The quantitative estimate of drug-likeness (QED) is 0.865. The summed E-state index contributed by atoms with van der Waals surface area (Å²) < 4.78 is 18.4. The van der Waals surface area contributed by atoms with Gasteiger partial charge in [0.25, 0.3) is 0 Å². The summed E-state index contributed by atoms with van der Waals surface area (Å²) in [5.41, 5.74) is 1.05. The molecule has 5 nitrogen and oxygen atoms in total. The number of aliphatic hydroxyl groups is 1. The van der Waals surface area contributed by atoms with Crippen LogP contribution in [0.15, 0.2) is 24.7 Å². The first-order valence-electron chi connectivity index (χ1n) is 4.86. The molecule has 0 spiro atoms. The molecule has 0 saturated carbocycles. The van der Waals surface area contributed by atoms with Crippen molar-refractivity contribution in [2.24, 2.45) is 0 Å². The lowest BCUT2D eigenvalue weighted by Crippen LogP contribution is -1.96. The van der Waals surface area contributed by atoms with Crippen LogP contribution >= 0.6 is 0 Å². The average molecular weight is 235 g/mol. The Kier molecular flexibility index (Phi) is 3.24. The molecule has 0 saturated heterocycles. The van der Waals surface area contributed by atoms with Gasteiger partial charge in [0.15, 0.2) is 5.82 Å². The second kappa shape index (κ2) is 4.84. The molecular formula is C11H10FN3O2. The van der Waals surface area contributed by atoms with Crippen LogP contribution < -0.4 is 4.74 Å². The molecule has 2 aromatic rings. The van der Waals surface area contributed by atoms with Gasteiger partial charge >= 0.3 is 0 Å². The summed E-state index contributed by atoms with van der Waals surface area (Å²) in [7, 11) is 1.45. The molecule has 88 valence electrons. The Labute approximate surface area is 97.0 Å². The maximum Gasteiger partial charge on any atom is 0.213 e. The molecule has 6 heteroatoms. The van der Waals surface area contributed by atoms with Gasteiger partial charge in [0.1, 0.15) is 0 Å². The van der Waals surface area contributed by atoms with Gasteiger partial charge in [-0.15, -0.1) is 0 Å². The standard InChI is InChI=1S/C11H10FN3O2/c1-17-11-2-8(9(12)4-15-11)10-5-13-7(6-16)3-14-10/h2-5,16H,6H2,1H3. The van der Waals surface area contributed by atoms with Crippen molar-refractivity contribution in [3.05, 3.63) is 36.2 Å². The van der Waals surface area contributed by atoms with Crippen molar-refractivity contribution >= 4 is 0 Å². The Morgan fingerprint density at radius 3 is 2.65 bits per heavy atom. The SMILES string of the molecule is COc1cc(-c2cnc(CO)cn2)c(F)cn1. The monoisotopic (exact) mass is 235 g/mol. The molecule has 17 heavy (non-hydrogen) atoms. The third-order valence-corrected chi connectivity index (χ3v) is 2.18. The highest BCUT2D eigenvalue weighted by molar-refractivity contribution is 5.59. The number of methoxy groups -OCH3 is 1. The number of ether oxygens (including phenoxy) is 1. The topological polar surface area (TPSA) is 68.1 Å². The third kappa shape index (κ3) is 2.36. The number of halogens is 1. The van der Waals surface area contributed by atoms with E-state index in [-0.39, 0.29) is 12.2 Å². The van der Waals surface area contributed by atoms with E-state index in [0.29, 0.717) is 17.3 Å². The molecule has 2 heterocycles. The molecule has 0 unspecified atom stereocenters. The highest BCUT2D eigenvalue weighted by Crippen LogP contribution is 2.22. The summed E-state index contributed by atoms with van der Waals surface area (Å²) in [4.78, 5) is 11.7. The van der Waals surface area contributed by atoms with E-state index in [1.54, 1.807) is 0 Å². The van der Waals surface area contributed by atoms with Crippen LogP contribution in [0.5, 0.6) is 5.88 Å². The summed E-state index contributed by atoms with van der Waals surface area (Å²) in [6, 6.07) is 1.44. The molecule has 0 bridgehead atoms. The van der Waals surface area contributed by atoms with Crippen LogP contribution in [-0.4, -0.2) is 27.2 Å². The maximum absolute atomic E-state index is 13.5. The van der Waals surface area contributed by atoms with E-state index in [4.69, 9.17) is 9.84 Å². The predicted molar refractivity (Wildman–Crippen MR) is 57.7 cm³/mol. The molecule has 2 aromatic heterocycles. The maximum atomic E-state index is 13.5. The summed E-state index contributed by atoms with van der Waals surface area (Å²) >= 11 is 0. The molecule has 0 fully saturated rings. The Hall–Kier alpha value is -2.08. The smallest absolute Gasteiger partial charge is 0.213 e. The van der Waals surface area contributed by atoms with Crippen molar-refractivity contribution in [3.63, 3.8) is 0 Å². The van der Waals surface area contributed by atoms with E-state index < -0.39 is 5.82 Å². The fourth-order valence-corrected chi connectivity index (χ4v) is 1.30. The first kappa shape index (κ1) is 11.4. The van der Waals surface area contributed by atoms with Crippen molar-refractivity contribution in [2.45, 2.75) is 6.61 Å². The van der Waals surface area contributed by atoms with Crippen LogP contribution in [0, 0.1) is 5.82 Å². The minimum Gasteiger partial charge on any atom is -0.481 e. The first-order valence-corrected chi connectivity index (χ1v) is 4.86. The molecule has 1 N–H and O–H groups in total. The molecule has 0 aliphatic heterocycles. The van der Waals surface area contributed by atoms with Gasteiger partial charge < -0.3 is 9.84 Å². The lowest BCUT2D eigenvalue weighted by Gasteiger charge is -2.04. The van der Waals surface area contributed by atoms with Crippen LogP contribution in [0.1, 0.15) is 5.69 Å². The van der Waals surface area contributed by atoms with E-state index in [1.165, 1.54) is 25.6 Å². The summed E-state index contributed by atoms with van der Waals surface area (Å²) in [5, 5.41) is 8.83. The third-order valence-electron chi connectivity index (χ3n) is 2.18. The van der Waals surface area contributed by atoms with Gasteiger partial charge in [0, 0.05) is 11.6 Å². The van der Waals surface area contributed by atoms with Crippen molar-refractivity contribution in [1.29, 1.82) is 0 Å². The van der Waals surface area contributed by atoms with E-state index >= 15 is 0 Å². The average Bonchev–Trinajstić information content (AvgIpc) is 2.39. The largest absolute Gasteiger partial charge is 0.481 e. The van der Waals surface area contributed by atoms with E-state index in [0.717, 1.165) is 6.20 Å². The second-order valence-corrected chi connectivity index (χ2v) is 3.26. The minimum absolute atomic E-state index is 0.199. The highest BCUT2D eigenvalue weighted by atomic mass is 19.1. The summed E-state index contributed by atoms with van der Waals surface area (Å²) in [6.07, 6.45) is 3.85. The summed E-state index contributed by atoms with van der Waals surface area (Å²) in [6.45, 7) is -0.199.